The van der Waals surface area contributed by atoms with Gasteiger partial charge in [-0.25, -0.2) is 0 Å². The van der Waals surface area contributed by atoms with E-state index in [-0.39, 0.29) is 29.0 Å². The van der Waals surface area contributed by atoms with Crippen LogP contribution in [0.15, 0.2) is 0 Å². The summed E-state index contributed by atoms with van der Waals surface area (Å²) in [4.78, 5) is 11.6. The molecule has 3 rings (SSSR count). The minimum atomic E-state index is -0.380. The highest BCUT2D eigenvalue weighted by molar-refractivity contribution is 5.71. The van der Waals surface area contributed by atoms with Gasteiger partial charge >= 0.3 is 5.97 Å². The second-order valence-corrected chi connectivity index (χ2v) is 6.45. The molecule has 3 nitrogen and oxygen atoms in total. The number of carbonyl (C=O) groups is 1. The molecule has 0 saturated heterocycles. The minimum Gasteiger partial charge on any atom is -0.460 e. The summed E-state index contributed by atoms with van der Waals surface area (Å²) in [6.07, 6.45) is 3.56. The molecule has 0 spiro atoms. The van der Waals surface area contributed by atoms with E-state index in [2.05, 4.69) is 0 Å². The van der Waals surface area contributed by atoms with Gasteiger partial charge in [0.25, 0.3) is 0 Å². The first-order chi connectivity index (χ1) is 6.78. The Morgan fingerprint density at radius 3 is 2.20 bits per heavy atom. The van der Waals surface area contributed by atoms with Crippen LogP contribution in [0.2, 0.25) is 0 Å². The first-order valence-electron chi connectivity index (χ1n) is 5.61. The molecule has 0 aromatic carbocycles. The number of esters is 1. The molecule has 0 aromatic heterocycles. The van der Waals surface area contributed by atoms with Crippen LogP contribution in [-0.2, 0) is 9.53 Å². The van der Waals surface area contributed by atoms with Gasteiger partial charge in [-0.05, 0) is 50.9 Å². The number of aliphatic hydroxyl groups excluding tert-OH is 1. The van der Waals surface area contributed by atoms with Crippen LogP contribution in [0.3, 0.4) is 0 Å². The Kier molecular flexibility index (Phi) is 2.16. The molecular formula is C12H20O3. The summed E-state index contributed by atoms with van der Waals surface area (Å²) in [7, 11) is 0. The first kappa shape index (κ1) is 10.9. The number of aliphatic hydroxyl groups is 1. The molecule has 3 heteroatoms. The largest absolute Gasteiger partial charge is 0.460 e. The molecule has 86 valence electrons. The Labute approximate surface area is 90.8 Å². The van der Waals surface area contributed by atoms with Crippen molar-refractivity contribution in [2.24, 2.45) is 10.8 Å². The smallest absolute Gasteiger partial charge is 0.306 e. The quantitative estimate of drug-likeness (QED) is 0.726. The maximum atomic E-state index is 11.6. The van der Waals surface area contributed by atoms with Crippen LogP contribution in [-0.4, -0.2) is 23.3 Å². The summed E-state index contributed by atoms with van der Waals surface area (Å²) in [5, 5.41) is 9.10. The summed E-state index contributed by atoms with van der Waals surface area (Å²) < 4.78 is 5.30. The molecule has 2 bridgehead atoms. The summed E-state index contributed by atoms with van der Waals surface area (Å²) in [6.45, 7) is 5.95. The lowest BCUT2D eigenvalue weighted by atomic mass is 9.34. The van der Waals surface area contributed by atoms with Crippen molar-refractivity contribution in [2.45, 2.75) is 52.1 Å². The standard InChI is InChI=1S/C12H20O3/c1-10(2,3)15-9(14)4-11-5-12(6-11,7-11)8-13/h13H,4-8H2,1-3H3. The van der Waals surface area contributed by atoms with Crippen molar-refractivity contribution >= 4 is 5.97 Å². The summed E-state index contributed by atoms with van der Waals surface area (Å²) in [5.74, 6) is -0.0891. The Morgan fingerprint density at radius 1 is 1.27 bits per heavy atom. The Morgan fingerprint density at radius 2 is 1.80 bits per heavy atom. The van der Waals surface area contributed by atoms with Crippen LogP contribution < -0.4 is 0 Å². The lowest BCUT2D eigenvalue weighted by Gasteiger charge is -2.70. The Hall–Kier alpha value is -0.570. The van der Waals surface area contributed by atoms with Crippen LogP contribution in [0.25, 0.3) is 0 Å². The lowest BCUT2D eigenvalue weighted by Crippen LogP contribution is -2.64. The third-order valence-electron chi connectivity index (χ3n) is 3.52. The second kappa shape index (κ2) is 2.97. The van der Waals surface area contributed by atoms with Crippen LogP contribution in [0.5, 0.6) is 0 Å². The van der Waals surface area contributed by atoms with Gasteiger partial charge in [-0.3, -0.25) is 4.79 Å². The molecule has 3 fully saturated rings. The summed E-state index contributed by atoms with van der Waals surface area (Å²) in [6, 6.07) is 0. The molecule has 0 unspecified atom stereocenters. The number of ether oxygens (including phenoxy) is 1. The zero-order chi connectivity index (χ0) is 11.3. The maximum absolute atomic E-state index is 11.6. The van der Waals surface area contributed by atoms with E-state index in [0.29, 0.717) is 6.42 Å². The molecule has 3 aliphatic rings. The molecule has 0 atom stereocenters. The van der Waals surface area contributed by atoms with Gasteiger partial charge in [0.05, 0.1) is 6.42 Å². The zero-order valence-electron chi connectivity index (χ0n) is 9.80. The van der Waals surface area contributed by atoms with Gasteiger partial charge in [0.1, 0.15) is 5.60 Å². The normalized spacial score (nSPS) is 37.9. The topological polar surface area (TPSA) is 46.5 Å². The zero-order valence-corrected chi connectivity index (χ0v) is 9.80. The van der Waals surface area contributed by atoms with Crippen LogP contribution >= 0.6 is 0 Å². The minimum absolute atomic E-state index is 0.0891. The van der Waals surface area contributed by atoms with Gasteiger partial charge in [0.2, 0.25) is 0 Å². The van der Waals surface area contributed by atoms with E-state index in [9.17, 15) is 4.79 Å². The van der Waals surface area contributed by atoms with Crippen molar-refractivity contribution in [3.8, 4) is 0 Å². The van der Waals surface area contributed by atoms with E-state index >= 15 is 0 Å². The highest BCUT2D eigenvalue weighted by Crippen LogP contribution is 2.74. The molecule has 0 heterocycles. The fourth-order valence-electron chi connectivity index (χ4n) is 3.27. The van der Waals surface area contributed by atoms with E-state index in [4.69, 9.17) is 9.84 Å². The van der Waals surface area contributed by atoms with Crippen molar-refractivity contribution in [2.75, 3.05) is 6.61 Å². The maximum Gasteiger partial charge on any atom is 0.306 e. The number of carbonyl (C=O) groups excluding carboxylic acids is 1. The number of hydrogen-bond acceptors (Lipinski definition) is 3. The molecule has 3 aliphatic carbocycles. The molecule has 0 aromatic rings. The third kappa shape index (κ3) is 1.89. The molecule has 0 aliphatic heterocycles. The molecule has 3 saturated carbocycles. The average molecular weight is 212 g/mol. The SMILES string of the molecule is CC(C)(C)OC(=O)CC12CC(CO)(C1)C2. The summed E-state index contributed by atoms with van der Waals surface area (Å²) >= 11 is 0. The van der Waals surface area contributed by atoms with Gasteiger partial charge in [-0.1, -0.05) is 0 Å². The van der Waals surface area contributed by atoms with E-state index in [0.717, 1.165) is 19.3 Å². The fourth-order valence-corrected chi connectivity index (χ4v) is 3.27. The van der Waals surface area contributed by atoms with Crippen molar-refractivity contribution in [3.63, 3.8) is 0 Å². The Balaban J connectivity index is 1.79. The van der Waals surface area contributed by atoms with Gasteiger partial charge in [-0.2, -0.15) is 0 Å². The second-order valence-electron chi connectivity index (χ2n) is 6.45. The third-order valence-corrected chi connectivity index (χ3v) is 3.52. The summed E-state index contributed by atoms with van der Waals surface area (Å²) in [5.41, 5.74) is -0.0115. The molecule has 0 amide bonds. The molecule has 0 radical (unpaired) electrons. The van der Waals surface area contributed by atoms with E-state index < -0.39 is 0 Å². The monoisotopic (exact) mass is 212 g/mol. The number of hydrogen-bond donors (Lipinski definition) is 1. The van der Waals surface area contributed by atoms with Crippen molar-refractivity contribution in [1.29, 1.82) is 0 Å². The first-order valence-corrected chi connectivity index (χ1v) is 5.61. The highest BCUT2D eigenvalue weighted by Gasteiger charge is 2.67. The lowest BCUT2D eigenvalue weighted by molar-refractivity contribution is -0.232. The average Bonchev–Trinajstić information content (AvgIpc) is 1.89. The van der Waals surface area contributed by atoms with Gasteiger partial charge in [0, 0.05) is 6.61 Å². The van der Waals surface area contributed by atoms with Crippen LogP contribution in [0.1, 0.15) is 46.5 Å². The van der Waals surface area contributed by atoms with Gasteiger partial charge in [0.15, 0.2) is 0 Å². The highest BCUT2D eigenvalue weighted by atomic mass is 16.6. The molecule has 1 N–H and O–H groups in total. The van der Waals surface area contributed by atoms with E-state index in [1.54, 1.807) is 0 Å². The van der Waals surface area contributed by atoms with Crippen molar-refractivity contribution in [1.82, 2.24) is 0 Å². The van der Waals surface area contributed by atoms with Crippen molar-refractivity contribution in [3.05, 3.63) is 0 Å². The molecule has 15 heavy (non-hydrogen) atoms. The molecular weight excluding hydrogens is 192 g/mol. The van der Waals surface area contributed by atoms with Gasteiger partial charge in [-0.15, -0.1) is 0 Å². The predicted molar refractivity (Wildman–Crippen MR) is 56.3 cm³/mol. The van der Waals surface area contributed by atoms with Crippen LogP contribution in [0.4, 0.5) is 0 Å². The number of rotatable bonds is 3. The fraction of sp³-hybridized carbons (Fsp3) is 0.917. The van der Waals surface area contributed by atoms with E-state index in [1.807, 2.05) is 20.8 Å². The Bertz CT molecular complexity index is 268. The van der Waals surface area contributed by atoms with E-state index in [1.165, 1.54) is 0 Å². The predicted octanol–water partition coefficient (Wildman–Crippen LogP) is 1.88. The van der Waals surface area contributed by atoms with Gasteiger partial charge < -0.3 is 9.84 Å². The van der Waals surface area contributed by atoms with Crippen molar-refractivity contribution < 1.29 is 14.6 Å². The van der Waals surface area contributed by atoms with Crippen LogP contribution in [0, 0.1) is 10.8 Å².